The van der Waals surface area contributed by atoms with Crippen molar-refractivity contribution in [1.29, 1.82) is 0 Å². The summed E-state index contributed by atoms with van der Waals surface area (Å²) in [5.41, 5.74) is 3.58. The van der Waals surface area contributed by atoms with E-state index in [-0.39, 0.29) is 5.91 Å². The number of likely N-dealkylation sites (tertiary alicyclic amines) is 1. The van der Waals surface area contributed by atoms with Gasteiger partial charge in [-0.15, -0.1) is 0 Å². The predicted octanol–water partition coefficient (Wildman–Crippen LogP) is 6.03. The number of carbonyl (C=O) groups is 1. The third-order valence-electron chi connectivity index (χ3n) is 6.29. The van der Waals surface area contributed by atoms with E-state index in [2.05, 4.69) is 23.7 Å². The predicted molar refractivity (Wildman–Crippen MR) is 143 cm³/mol. The van der Waals surface area contributed by atoms with Crippen LogP contribution >= 0.6 is 11.8 Å². The molecule has 3 heterocycles. The van der Waals surface area contributed by atoms with Crippen molar-refractivity contribution < 1.29 is 9.53 Å². The van der Waals surface area contributed by atoms with Gasteiger partial charge in [0.2, 0.25) is 0 Å². The molecule has 6 nitrogen and oxygen atoms in total. The highest BCUT2D eigenvalue weighted by Crippen LogP contribution is 2.35. The maximum absolute atomic E-state index is 12.8. The van der Waals surface area contributed by atoms with Gasteiger partial charge >= 0.3 is 0 Å². The van der Waals surface area contributed by atoms with Crippen LogP contribution in [-0.2, 0) is 4.79 Å². The number of nitrogens with zero attached hydrogens (tertiary/aromatic N) is 4. The number of aromatic nitrogens is 2. The molecule has 0 radical (unpaired) electrons. The molecule has 1 fully saturated rings. The van der Waals surface area contributed by atoms with Gasteiger partial charge in [-0.05, 0) is 67.3 Å². The fourth-order valence-corrected chi connectivity index (χ4v) is 5.21. The van der Waals surface area contributed by atoms with E-state index in [1.807, 2.05) is 71.6 Å². The molecule has 3 aromatic rings. The summed E-state index contributed by atoms with van der Waals surface area (Å²) in [4.78, 5) is 20.1. The van der Waals surface area contributed by atoms with Crippen LogP contribution < -0.4 is 4.74 Å². The van der Waals surface area contributed by atoms with Crippen LogP contribution in [-0.4, -0.2) is 45.5 Å². The lowest BCUT2D eigenvalue weighted by atomic mass is 10.00. The standard InChI is InChI=1S/C28H30N4O2S/c1-3-16-34-24-11-7-8-21(17-24)26-22(19-32(30-26)23-9-5-4-6-10-23)18-25-27(33)29-28(35-25)31-14-12-20(2)13-15-31/h4-11,17-20H,3,12-16H2,1-2H3. The van der Waals surface area contributed by atoms with Crippen molar-refractivity contribution >= 4 is 28.9 Å². The van der Waals surface area contributed by atoms with Gasteiger partial charge in [0, 0.05) is 30.4 Å². The van der Waals surface area contributed by atoms with Crippen LogP contribution in [0, 0.1) is 5.92 Å². The van der Waals surface area contributed by atoms with E-state index in [9.17, 15) is 4.79 Å². The average molecular weight is 487 g/mol. The van der Waals surface area contributed by atoms with Crippen molar-refractivity contribution in [1.82, 2.24) is 14.7 Å². The van der Waals surface area contributed by atoms with Gasteiger partial charge in [-0.25, -0.2) is 4.68 Å². The quantitative estimate of drug-likeness (QED) is 0.398. The lowest BCUT2D eigenvalue weighted by Crippen LogP contribution is -2.35. The number of thioether (sulfide) groups is 1. The summed E-state index contributed by atoms with van der Waals surface area (Å²) in [7, 11) is 0. The molecule has 0 saturated carbocycles. The Labute approximate surface area is 210 Å². The Morgan fingerprint density at radius 1 is 1.11 bits per heavy atom. The molecule has 0 atom stereocenters. The summed E-state index contributed by atoms with van der Waals surface area (Å²) in [6.45, 7) is 6.95. The number of amides is 1. The first-order valence-electron chi connectivity index (χ1n) is 12.3. The SMILES string of the molecule is CCCOc1cccc(-c2nn(-c3ccccc3)cc2C=C2SC(N3CCC(C)CC3)=NC2=O)c1. The van der Waals surface area contributed by atoms with Crippen LogP contribution in [0.3, 0.4) is 0 Å². The summed E-state index contributed by atoms with van der Waals surface area (Å²) in [6, 6.07) is 18.0. The van der Waals surface area contributed by atoms with Gasteiger partial charge in [-0.1, -0.05) is 44.2 Å². The van der Waals surface area contributed by atoms with Crippen molar-refractivity contribution in [2.24, 2.45) is 10.9 Å². The number of amidine groups is 1. The van der Waals surface area contributed by atoms with Crippen molar-refractivity contribution in [3.63, 3.8) is 0 Å². The number of hydrogen-bond donors (Lipinski definition) is 0. The molecule has 1 aromatic heterocycles. The molecule has 35 heavy (non-hydrogen) atoms. The van der Waals surface area contributed by atoms with Gasteiger partial charge in [-0.3, -0.25) is 4.79 Å². The minimum Gasteiger partial charge on any atom is -0.494 e. The molecule has 0 bridgehead atoms. The number of rotatable bonds is 6. The second-order valence-electron chi connectivity index (χ2n) is 9.07. The lowest BCUT2D eigenvalue weighted by Gasteiger charge is -2.30. The number of piperidine rings is 1. The van der Waals surface area contributed by atoms with Gasteiger partial charge < -0.3 is 9.64 Å². The lowest BCUT2D eigenvalue weighted by molar-refractivity contribution is -0.113. The number of carbonyl (C=O) groups excluding carboxylic acids is 1. The molecule has 7 heteroatoms. The van der Waals surface area contributed by atoms with Gasteiger partial charge in [0.25, 0.3) is 5.91 Å². The van der Waals surface area contributed by atoms with Gasteiger partial charge in [-0.2, -0.15) is 10.1 Å². The Morgan fingerprint density at radius 3 is 2.69 bits per heavy atom. The van der Waals surface area contributed by atoms with Crippen molar-refractivity contribution in [3.05, 3.63) is 71.3 Å². The normalized spacial score (nSPS) is 17.8. The van der Waals surface area contributed by atoms with Crippen molar-refractivity contribution in [2.75, 3.05) is 19.7 Å². The number of aliphatic imine (C=N–C) groups is 1. The topological polar surface area (TPSA) is 59.7 Å². The Kier molecular flexibility index (Phi) is 7.04. The van der Waals surface area contributed by atoms with Crippen LogP contribution in [0.25, 0.3) is 23.0 Å². The summed E-state index contributed by atoms with van der Waals surface area (Å²) in [6.07, 6.45) is 7.12. The fourth-order valence-electron chi connectivity index (χ4n) is 4.26. The van der Waals surface area contributed by atoms with Gasteiger partial charge in [0.05, 0.1) is 17.2 Å². The highest BCUT2D eigenvalue weighted by molar-refractivity contribution is 8.18. The molecule has 5 rings (SSSR count). The van der Waals surface area contributed by atoms with E-state index >= 15 is 0 Å². The van der Waals surface area contributed by atoms with Crippen LogP contribution in [0.5, 0.6) is 5.75 Å². The molecule has 1 amide bonds. The van der Waals surface area contributed by atoms with E-state index in [0.29, 0.717) is 11.5 Å². The van der Waals surface area contributed by atoms with E-state index in [4.69, 9.17) is 9.84 Å². The Hall–Kier alpha value is -3.32. The molecule has 0 spiro atoms. The first-order valence-corrected chi connectivity index (χ1v) is 13.1. The third kappa shape index (κ3) is 5.35. The fraction of sp³-hybridized carbons (Fsp3) is 0.321. The average Bonchev–Trinajstić information content (AvgIpc) is 3.48. The smallest absolute Gasteiger partial charge is 0.286 e. The minimum absolute atomic E-state index is 0.179. The third-order valence-corrected chi connectivity index (χ3v) is 7.34. The highest BCUT2D eigenvalue weighted by Gasteiger charge is 2.28. The molecule has 2 aliphatic heterocycles. The monoisotopic (exact) mass is 486 g/mol. The molecule has 2 aromatic carbocycles. The molecular formula is C28H30N4O2S. The molecule has 1 saturated heterocycles. The molecule has 0 aliphatic carbocycles. The van der Waals surface area contributed by atoms with Crippen LogP contribution in [0.15, 0.2) is 70.7 Å². The second kappa shape index (κ2) is 10.5. The summed E-state index contributed by atoms with van der Waals surface area (Å²) < 4.78 is 7.72. The first kappa shape index (κ1) is 23.4. The minimum atomic E-state index is -0.179. The van der Waals surface area contributed by atoms with E-state index in [0.717, 1.165) is 71.7 Å². The zero-order valence-corrected chi connectivity index (χ0v) is 21.0. The second-order valence-corrected chi connectivity index (χ2v) is 10.1. The van der Waals surface area contributed by atoms with Gasteiger partial charge in [0.1, 0.15) is 11.4 Å². The molecule has 2 aliphatic rings. The highest BCUT2D eigenvalue weighted by atomic mass is 32.2. The maximum Gasteiger partial charge on any atom is 0.286 e. The zero-order valence-electron chi connectivity index (χ0n) is 20.2. The molecule has 0 unspecified atom stereocenters. The summed E-state index contributed by atoms with van der Waals surface area (Å²) >= 11 is 1.47. The van der Waals surface area contributed by atoms with E-state index in [1.54, 1.807) is 0 Å². The van der Waals surface area contributed by atoms with Gasteiger partial charge in [0.15, 0.2) is 5.17 Å². The number of para-hydroxylation sites is 1. The summed E-state index contributed by atoms with van der Waals surface area (Å²) in [5.74, 6) is 1.36. The maximum atomic E-state index is 12.8. The Morgan fingerprint density at radius 2 is 1.91 bits per heavy atom. The summed E-state index contributed by atoms with van der Waals surface area (Å²) in [5, 5.41) is 5.72. The first-order chi connectivity index (χ1) is 17.1. The number of hydrogen-bond acceptors (Lipinski definition) is 5. The molecule has 0 N–H and O–H groups in total. The largest absolute Gasteiger partial charge is 0.494 e. The Balaban J connectivity index is 1.48. The van der Waals surface area contributed by atoms with Crippen molar-refractivity contribution in [3.8, 4) is 22.7 Å². The van der Waals surface area contributed by atoms with E-state index in [1.165, 1.54) is 11.8 Å². The van der Waals surface area contributed by atoms with E-state index < -0.39 is 0 Å². The number of benzene rings is 2. The number of ether oxygens (including phenoxy) is 1. The Bertz CT molecular complexity index is 1260. The molecular weight excluding hydrogens is 456 g/mol. The van der Waals surface area contributed by atoms with Crippen molar-refractivity contribution in [2.45, 2.75) is 33.1 Å². The van der Waals surface area contributed by atoms with Crippen LogP contribution in [0.2, 0.25) is 0 Å². The zero-order chi connectivity index (χ0) is 24.2. The van der Waals surface area contributed by atoms with Crippen LogP contribution in [0.4, 0.5) is 0 Å². The molecule has 180 valence electrons. The van der Waals surface area contributed by atoms with Crippen LogP contribution in [0.1, 0.15) is 38.7 Å².